The van der Waals surface area contributed by atoms with Crippen molar-refractivity contribution in [1.82, 2.24) is 20.0 Å². The van der Waals surface area contributed by atoms with Gasteiger partial charge in [-0.15, -0.1) is 0 Å². The summed E-state index contributed by atoms with van der Waals surface area (Å²) >= 11 is 0. The number of aromatic amines is 1. The first kappa shape index (κ1) is 14.1. The van der Waals surface area contributed by atoms with E-state index in [0.717, 1.165) is 44.3 Å². The van der Waals surface area contributed by atoms with Gasteiger partial charge in [0.1, 0.15) is 0 Å². The molecule has 1 aromatic rings. The Balaban J connectivity index is 1.49. The Kier molecular flexibility index (Phi) is 3.94. The summed E-state index contributed by atoms with van der Waals surface area (Å²) in [5, 5.41) is 6.65. The summed E-state index contributed by atoms with van der Waals surface area (Å²) in [4.78, 5) is 28.1. The predicted octanol–water partition coefficient (Wildman–Crippen LogP) is 1.02. The minimum absolute atomic E-state index is 0.0464. The maximum atomic E-state index is 12.4. The largest absolute Gasteiger partial charge is 0.342 e. The number of nitrogens with zero attached hydrogens (tertiary/aromatic N) is 3. The third-order valence-electron chi connectivity index (χ3n) is 4.43. The van der Waals surface area contributed by atoms with Crippen LogP contribution in [0.2, 0.25) is 0 Å². The molecule has 0 atom stereocenters. The summed E-state index contributed by atoms with van der Waals surface area (Å²) in [6.07, 6.45) is 7.21. The van der Waals surface area contributed by atoms with Crippen LogP contribution in [0.15, 0.2) is 12.4 Å². The molecule has 0 bridgehead atoms. The van der Waals surface area contributed by atoms with Gasteiger partial charge in [0.2, 0.25) is 11.8 Å². The van der Waals surface area contributed by atoms with E-state index in [4.69, 9.17) is 0 Å². The smallest absolute Gasteiger partial charge is 0.225 e. The molecular formula is C15H22N4O2. The molecule has 1 aliphatic carbocycles. The van der Waals surface area contributed by atoms with E-state index in [1.807, 2.05) is 11.9 Å². The van der Waals surface area contributed by atoms with Gasteiger partial charge in [0.25, 0.3) is 0 Å². The number of carbonyl (C=O) groups excluding carboxylic acids is 2. The minimum atomic E-state index is 0.0464. The van der Waals surface area contributed by atoms with Gasteiger partial charge in [-0.25, -0.2) is 0 Å². The number of nitrogens with one attached hydrogen (secondary N) is 1. The lowest BCUT2D eigenvalue weighted by Gasteiger charge is -2.33. The van der Waals surface area contributed by atoms with Crippen molar-refractivity contribution in [2.45, 2.75) is 32.2 Å². The summed E-state index contributed by atoms with van der Waals surface area (Å²) in [6, 6.07) is 0. The summed E-state index contributed by atoms with van der Waals surface area (Å²) in [5.41, 5.74) is 1.01. The van der Waals surface area contributed by atoms with Crippen molar-refractivity contribution in [3.63, 3.8) is 0 Å². The van der Waals surface area contributed by atoms with E-state index in [2.05, 4.69) is 10.2 Å². The molecule has 21 heavy (non-hydrogen) atoms. The molecule has 0 aromatic carbocycles. The topological polar surface area (TPSA) is 69.3 Å². The zero-order valence-corrected chi connectivity index (χ0v) is 12.4. The Hall–Kier alpha value is -1.85. The van der Waals surface area contributed by atoms with Crippen LogP contribution >= 0.6 is 0 Å². The van der Waals surface area contributed by atoms with Gasteiger partial charge in [-0.1, -0.05) is 0 Å². The van der Waals surface area contributed by atoms with E-state index < -0.39 is 0 Å². The molecule has 1 aliphatic heterocycles. The van der Waals surface area contributed by atoms with Crippen molar-refractivity contribution >= 4 is 11.8 Å². The van der Waals surface area contributed by atoms with Crippen molar-refractivity contribution in [3.05, 3.63) is 18.0 Å². The number of amides is 2. The molecular weight excluding hydrogens is 268 g/mol. The average molecular weight is 290 g/mol. The number of H-pyrrole nitrogens is 1. The quantitative estimate of drug-likeness (QED) is 0.900. The molecule has 3 rings (SSSR count). The zero-order chi connectivity index (χ0) is 14.8. The lowest BCUT2D eigenvalue weighted by Crippen LogP contribution is -2.43. The van der Waals surface area contributed by atoms with E-state index in [9.17, 15) is 9.59 Å². The van der Waals surface area contributed by atoms with E-state index in [0.29, 0.717) is 12.5 Å². The highest BCUT2D eigenvalue weighted by atomic mass is 16.2. The van der Waals surface area contributed by atoms with E-state index in [1.165, 1.54) is 0 Å². The number of carbonyl (C=O) groups is 2. The van der Waals surface area contributed by atoms with Crippen LogP contribution in [0, 0.1) is 11.8 Å². The Morgan fingerprint density at radius 2 is 2.00 bits per heavy atom. The molecule has 1 saturated carbocycles. The predicted molar refractivity (Wildman–Crippen MR) is 77.1 cm³/mol. The molecule has 2 amide bonds. The molecule has 1 saturated heterocycles. The number of likely N-dealkylation sites (tertiary alicyclic amines) is 1. The van der Waals surface area contributed by atoms with Crippen LogP contribution in [0.1, 0.15) is 31.2 Å². The highest BCUT2D eigenvalue weighted by Crippen LogP contribution is 2.32. The number of piperidine rings is 1. The van der Waals surface area contributed by atoms with Gasteiger partial charge in [-0.05, 0) is 25.7 Å². The summed E-state index contributed by atoms with van der Waals surface area (Å²) in [7, 11) is 1.83. The number of aromatic nitrogens is 2. The first-order valence-corrected chi connectivity index (χ1v) is 7.66. The number of hydrogen-bond acceptors (Lipinski definition) is 3. The van der Waals surface area contributed by atoms with Crippen LogP contribution in [0.5, 0.6) is 0 Å². The fourth-order valence-electron chi connectivity index (χ4n) is 2.96. The van der Waals surface area contributed by atoms with Crippen LogP contribution in [0.3, 0.4) is 0 Å². The van der Waals surface area contributed by atoms with Crippen molar-refractivity contribution in [2.24, 2.45) is 11.8 Å². The Morgan fingerprint density at radius 1 is 1.29 bits per heavy atom. The molecule has 6 nitrogen and oxygen atoms in total. The second-order valence-corrected chi connectivity index (χ2v) is 6.17. The SMILES string of the molecule is CN(Cc1cn[nH]c1)C(=O)C1CCN(C(=O)C2CC2)CC1. The monoisotopic (exact) mass is 290 g/mol. The maximum Gasteiger partial charge on any atom is 0.225 e. The van der Waals surface area contributed by atoms with Gasteiger partial charge < -0.3 is 9.80 Å². The minimum Gasteiger partial charge on any atom is -0.342 e. The van der Waals surface area contributed by atoms with Gasteiger partial charge >= 0.3 is 0 Å². The summed E-state index contributed by atoms with van der Waals surface area (Å²) < 4.78 is 0. The van der Waals surface area contributed by atoms with Crippen LogP contribution in [0.4, 0.5) is 0 Å². The maximum absolute atomic E-state index is 12.4. The molecule has 0 spiro atoms. The molecule has 1 N–H and O–H groups in total. The first-order chi connectivity index (χ1) is 10.1. The van der Waals surface area contributed by atoms with Gasteiger partial charge in [0.05, 0.1) is 6.20 Å². The Morgan fingerprint density at radius 3 is 2.57 bits per heavy atom. The zero-order valence-electron chi connectivity index (χ0n) is 12.4. The van der Waals surface area contributed by atoms with Crippen molar-refractivity contribution in [1.29, 1.82) is 0 Å². The normalized spacial score (nSPS) is 19.6. The molecule has 2 fully saturated rings. The van der Waals surface area contributed by atoms with E-state index in [-0.39, 0.29) is 17.7 Å². The van der Waals surface area contributed by atoms with E-state index >= 15 is 0 Å². The molecule has 0 unspecified atom stereocenters. The van der Waals surface area contributed by atoms with Crippen molar-refractivity contribution in [3.8, 4) is 0 Å². The first-order valence-electron chi connectivity index (χ1n) is 7.66. The van der Waals surface area contributed by atoms with Gasteiger partial charge in [-0.3, -0.25) is 14.7 Å². The Bertz CT molecular complexity index is 502. The summed E-state index contributed by atoms with van der Waals surface area (Å²) in [6.45, 7) is 2.03. The third-order valence-corrected chi connectivity index (χ3v) is 4.43. The van der Waals surface area contributed by atoms with Gasteiger partial charge in [0, 0.05) is 50.3 Å². The lowest BCUT2D eigenvalue weighted by atomic mass is 9.95. The van der Waals surface area contributed by atoms with Gasteiger partial charge in [-0.2, -0.15) is 5.10 Å². The fraction of sp³-hybridized carbons (Fsp3) is 0.667. The fourth-order valence-corrected chi connectivity index (χ4v) is 2.96. The number of hydrogen-bond donors (Lipinski definition) is 1. The van der Waals surface area contributed by atoms with Crippen LogP contribution in [0.25, 0.3) is 0 Å². The van der Waals surface area contributed by atoms with Crippen LogP contribution in [-0.2, 0) is 16.1 Å². The highest BCUT2D eigenvalue weighted by Gasteiger charge is 2.36. The Labute approximate surface area is 124 Å². The third kappa shape index (κ3) is 3.25. The second-order valence-electron chi connectivity index (χ2n) is 6.17. The molecule has 2 heterocycles. The average Bonchev–Trinajstić information content (AvgIpc) is 3.24. The molecule has 6 heteroatoms. The van der Waals surface area contributed by atoms with E-state index in [1.54, 1.807) is 17.3 Å². The highest BCUT2D eigenvalue weighted by molar-refractivity contribution is 5.82. The molecule has 2 aliphatic rings. The lowest BCUT2D eigenvalue weighted by molar-refractivity contribution is -0.140. The van der Waals surface area contributed by atoms with Crippen molar-refractivity contribution < 1.29 is 9.59 Å². The molecule has 114 valence electrons. The molecule has 0 radical (unpaired) electrons. The second kappa shape index (κ2) is 5.87. The summed E-state index contributed by atoms with van der Waals surface area (Å²) in [5.74, 6) is 0.800. The van der Waals surface area contributed by atoms with Crippen LogP contribution < -0.4 is 0 Å². The number of rotatable bonds is 4. The molecule has 1 aromatic heterocycles. The van der Waals surface area contributed by atoms with Crippen LogP contribution in [-0.4, -0.2) is 51.9 Å². The van der Waals surface area contributed by atoms with Crippen molar-refractivity contribution in [2.75, 3.05) is 20.1 Å². The van der Waals surface area contributed by atoms with Gasteiger partial charge in [0.15, 0.2) is 0 Å². The standard InChI is InChI=1S/C15H22N4O2/c1-18(10-11-8-16-17-9-11)14(20)13-4-6-19(7-5-13)15(21)12-2-3-12/h8-9,12-13H,2-7,10H2,1H3,(H,16,17).